The number of rotatable bonds is 7. The molecule has 2 aromatic rings. The topological polar surface area (TPSA) is 55.4 Å². The van der Waals surface area contributed by atoms with Crippen LogP contribution in [-0.4, -0.2) is 15.5 Å². The zero-order valence-corrected chi connectivity index (χ0v) is 17.4. The van der Waals surface area contributed by atoms with Gasteiger partial charge >= 0.3 is 0 Å². The highest BCUT2D eigenvalue weighted by molar-refractivity contribution is 7.88. The molecule has 1 unspecified atom stereocenters. The molecule has 2 aromatic carbocycles. The van der Waals surface area contributed by atoms with E-state index in [1.54, 1.807) is 31.4 Å². The first-order valence-electron chi connectivity index (χ1n) is 8.56. The Balaban J connectivity index is 2.27. The van der Waals surface area contributed by atoms with E-state index in [1.165, 1.54) is 0 Å². The van der Waals surface area contributed by atoms with Gasteiger partial charge in [0.1, 0.15) is 5.75 Å². The number of aryl methyl sites for hydroxylation is 1. The molecule has 142 valence electrons. The fraction of sp³-hybridized carbons (Fsp3) is 0.400. The van der Waals surface area contributed by atoms with Gasteiger partial charge in [0.05, 0.1) is 12.9 Å². The molecule has 0 amide bonds. The molecule has 2 rings (SSSR count). The average Bonchev–Trinajstić information content (AvgIpc) is 2.55. The maximum atomic E-state index is 12.6. The van der Waals surface area contributed by atoms with Crippen molar-refractivity contribution in [3.63, 3.8) is 0 Å². The van der Waals surface area contributed by atoms with Crippen molar-refractivity contribution in [2.24, 2.45) is 0 Å². The Morgan fingerprint density at radius 3 is 2.35 bits per heavy atom. The van der Waals surface area contributed by atoms with Crippen molar-refractivity contribution in [2.45, 2.75) is 45.4 Å². The van der Waals surface area contributed by atoms with Gasteiger partial charge in [0.25, 0.3) is 0 Å². The summed E-state index contributed by atoms with van der Waals surface area (Å²) in [6.45, 7) is 7.98. The normalized spacial score (nSPS) is 13.0. The van der Waals surface area contributed by atoms with Gasteiger partial charge in [-0.2, -0.15) is 0 Å². The molecule has 26 heavy (non-hydrogen) atoms. The Kier molecular flexibility index (Phi) is 6.72. The maximum Gasteiger partial charge on any atom is 0.216 e. The average molecular weight is 396 g/mol. The minimum Gasteiger partial charge on any atom is -0.496 e. The van der Waals surface area contributed by atoms with Crippen molar-refractivity contribution in [1.29, 1.82) is 0 Å². The summed E-state index contributed by atoms with van der Waals surface area (Å²) in [7, 11) is -1.89. The molecule has 0 aliphatic heterocycles. The molecule has 1 atom stereocenters. The Hall–Kier alpha value is -1.56. The highest BCUT2D eigenvalue weighted by Gasteiger charge is 2.21. The van der Waals surface area contributed by atoms with E-state index in [4.69, 9.17) is 16.3 Å². The lowest BCUT2D eigenvalue weighted by Crippen LogP contribution is -2.28. The monoisotopic (exact) mass is 395 g/mol. The molecule has 0 fully saturated rings. The fourth-order valence-electron chi connectivity index (χ4n) is 3.00. The third-order valence-corrected chi connectivity index (χ3v) is 6.14. The predicted molar refractivity (Wildman–Crippen MR) is 107 cm³/mol. The van der Waals surface area contributed by atoms with E-state index >= 15 is 0 Å². The second-order valence-electron chi connectivity index (χ2n) is 6.80. The quantitative estimate of drug-likeness (QED) is 0.720. The number of ether oxygens (including phenoxy) is 1. The Morgan fingerprint density at radius 1 is 1.12 bits per heavy atom. The lowest BCUT2D eigenvalue weighted by Gasteiger charge is -2.21. The summed E-state index contributed by atoms with van der Waals surface area (Å²) >= 11 is 6.09. The third-order valence-electron chi connectivity index (χ3n) is 4.37. The second-order valence-corrected chi connectivity index (χ2v) is 8.96. The lowest BCUT2D eigenvalue weighted by molar-refractivity contribution is 0.406. The molecule has 0 spiro atoms. The van der Waals surface area contributed by atoms with Crippen LogP contribution in [0.4, 0.5) is 0 Å². The van der Waals surface area contributed by atoms with Crippen molar-refractivity contribution >= 4 is 21.6 Å². The van der Waals surface area contributed by atoms with Gasteiger partial charge in [-0.3, -0.25) is 0 Å². The lowest BCUT2D eigenvalue weighted by atomic mass is 9.94. The molecule has 0 saturated carbocycles. The van der Waals surface area contributed by atoms with Gasteiger partial charge in [-0.15, -0.1) is 0 Å². The van der Waals surface area contributed by atoms with E-state index in [2.05, 4.69) is 18.6 Å². The van der Waals surface area contributed by atoms with E-state index in [1.807, 2.05) is 26.0 Å². The van der Waals surface area contributed by atoms with Crippen LogP contribution in [0.1, 0.15) is 55.0 Å². The highest BCUT2D eigenvalue weighted by Crippen LogP contribution is 2.32. The highest BCUT2D eigenvalue weighted by atomic mass is 35.5. The van der Waals surface area contributed by atoms with Crippen LogP contribution >= 0.6 is 11.6 Å². The summed E-state index contributed by atoms with van der Waals surface area (Å²) in [4.78, 5) is 0. The summed E-state index contributed by atoms with van der Waals surface area (Å²) in [5, 5.41) is 0.452. The molecule has 0 radical (unpaired) electrons. The molecule has 6 heteroatoms. The van der Waals surface area contributed by atoms with Gasteiger partial charge in [0, 0.05) is 11.1 Å². The number of hydrogen-bond donors (Lipinski definition) is 1. The van der Waals surface area contributed by atoms with Crippen LogP contribution in [-0.2, 0) is 15.8 Å². The van der Waals surface area contributed by atoms with Crippen LogP contribution in [0.25, 0.3) is 0 Å². The minimum absolute atomic E-state index is 0.150. The summed E-state index contributed by atoms with van der Waals surface area (Å²) in [6, 6.07) is 10.6. The van der Waals surface area contributed by atoms with Gasteiger partial charge in [-0.25, -0.2) is 13.1 Å². The van der Waals surface area contributed by atoms with Crippen molar-refractivity contribution in [3.05, 3.63) is 63.7 Å². The van der Waals surface area contributed by atoms with Crippen molar-refractivity contribution in [2.75, 3.05) is 7.11 Å². The molecule has 1 N–H and O–H groups in total. The maximum absolute atomic E-state index is 12.6. The van der Waals surface area contributed by atoms with E-state index in [0.29, 0.717) is 10.6 Å². The summed E-state index contributed by atoms with van der Waals surface area (Å²) < 4.78 is 33.4. The molecule has 0 bridgehead atoms. The predicted octanol–water partition coefficient (Wildman–Crippen LogP) is 4.96. The first-order chi connectivity index (χ1) is 12.1. The van der Waals surface area contributed by atoms with E-state index in [-0.39, 0.29) is 17.7 Å². The molecule has 0 saturated heterocycles. The number of methoxy groups -OCH3 is 1. The molecule has 0 aromatic heterocycles. The summed E-state index contributed by atoms with van der Waals surface area (Å²) in [6.07, 6.45) is 0. The SMILES string of the molecule is COc1cc(C)c(C(C)NS(=O)(=O)Cc2ccccc2Cl)cc1C(C)C. The molecule has 4 nitrogen and oxygen atoms in total. The number of sulfonamides is 1. The zero-order valence-electron chi connectivity index (χ0n) is 15.8. The van der Waals surface area contributed by atoms with E-state index in [9.17, 15) is 8.42 Å². The zero-order chi connectivity index (χ0) is 19.5. The first-order valence-corrected chi connectivity index (χ1v) is 10.6. The minimum atomic E-state index is -3.54. The molecular weight excluding hydrogens is 370 g/mol. The summed E-state index contributed by atoms with van der Waals surface area (Å²) in [5.74, 6) is 0.951. The van der Waals surface area contributed by atoms with Crippen molar-refractivity contribution < 1.29 is 13.2 Å². The molecule has 0 heterocycles. The molecular formula is C20H26ClNO3S. The van der Waals surface area contributed by atoms with Crippen LogP contribution in [0.3, 0.4) is 0 Å². The van der Waals surface area contributed by atoms with Crippen LogP contribution in [0.15, 0.2) is 36.4 Å². The van der Waals surface area contributed by atoms with Crippen LogP contribution in [0, 0.1) is 6.92 Å². The number of benzene rings is 2. The number of halogens is 1. The van der Waals surface area contributed by atoms with E-state index < -0.39 is 10.0 Å². The van der Waals surface area contributed by atoms with Gasteiger partial charge in [-0.05, 0) is 60.2 Å². The number of nitrogens with one attached hydrogen (secondary N) is 1. The fourth-order valence-corrected chi connectivity index (χ4v) is 4.70. The van der Waals surface area contributed by atoms with Gasteiger partial charge in [0.2, 0.25) is 10.0 Å². The van der Waals surface area contributed by atoms with E-state index in [0.717, 1.165) is 22.4 Å². The Bertz CT molecular complexity index is 879. The second kappa shape index (κ2) is 8.42. The van der Waals surface area contributed by atoms with Crippen LogP contribution in [0.5, 0.6) is 5.75 Å². The van der Waals surface area contributed by atoms with Crippen LogP contribution in [0.2, 0.25) is 5.02 Å². The van der Waals surface area contributed by atoms with Gasteiger partial charge < -0.3 is 4.74 Å². The van der Waals surface area contributed by atoms with Gasteiger partial charge in [-0.1, -0.05) is 43.6 Å². The Labute approximate surface area is 161 Å². The van der Waals surface area contributed by atoms with Crippen molar-refractivity contribution in [3.8, 4) is 5.75 Å². The first kappa shape index (κ1) is 20.7. The standard InChI is InChI=1S/C20H26ClNO3S/c1-13(2)17-11-18(14(3)10-20(17)25-5)15(4)22-26(23,24)12-16-8-6-7-9-19(16)21/h6-11,13,15,22H,12H2,1-5H3. The third kappa shape index (κ3) is 5.00. The molecule has 0 aliphatic carbocycles. The van der Waals surface area contributed by atoms with Crippen molar-refractivity contribution in [1.82, 2.24) is 4.72 Å². The summed E-state index contributed by atoms with van der Waals surface area (Å²) in [5.41, 5.74) is 3.57. The van der Waals surface area contributed by atoms with Crippen LogP contribution < -0.4 is 9.46 Å². The molecule has 0 aliphatic rings. The number of hydrogen-bond acceptors (Lipinski definition) is 3. The van der Waals surface area contributed by atoms with Gasteiger partial charge in [0.15, 0.2) is 0 Å². The Morgan fingerprint density at radius 2 is 1.77 bits per heavy atom. The largest absolute Gasteiger partial charge is 0.496 e. The smallest absolute Gasteiger partial charge is 0.216 e.